The van der Waals surface area contributed by atoms with Crippen molar-refractivity contribution >= 4 is 17.1 Å². The Hall–Kier alpha value is -1.38. The summed E-state index contributed by atoms with van der Waals surface area (Å²) < 4.78 is 0. The van der Waals surface area contributed by atoms with Gasteiger partial charge in [0.2, 0.25) is 0 Å². The van der Waals surface area contributed by atoms with Crippen molar-refractivity contribution in [2.45, 2.75) is 19.3 Å². The summed E-state index contributed by atoms with van der Waals surface area (Å²) >= 11 is 0. The zero-order valence-corrected chi connectivity index (χ0v) is 8.79. The standard InChI is InChI=1S/C12H16N3/c1-2-7-15(8-3-1)11-6-4-5-10-12(11)14-9-13-10/h4-6,9,13-14H,1-3,7-8H2. The summed E-state index contributed by atoms with van der Waals surface area (Å²) in [5.74, 6) is 0. The van der Waals surface area contributed by atoms with Crippen molar-refractivity contribution in [3.05, 3.63) is 24.9 Å². The lowest BCUT2D eigenvalue weighted by molar-refractivity contribution is 0.578. The second-order valence-electron chi connectivity index (χ2n) is 4.18. The molecule has 2 heterocycles. The lowest BCUT2D eigenvalue weighted by Gasteiger charge is -2.30. The second kappa shape index (κ2) is 3.65. The van der Waals surface area contributed by atoms with Crippen LogP contribution in [-0.4, -0.2) is 13.1 Å². The van der Waals surface area contributed by atoms with Crippen molar-refractivity contribution < 1.29 is 0 Å². The van der Waals surface area contributed by atoms with E-state index in [1.807, 2.05) is 6.67 Å². The fourth-order valence-corrected chi connectivity index (χ4v) is 2.40. The monoisotopic (exact) mass is 202 g/mol. The van der Waals surface area contributed by atoms with Crippen LogP contribution in [0.15, 0.2) is 18.2 Å². The summed E-state index contributed by atoms with van der Waals surface area (Å²) in [5, 5.41) is 6.51. The molecule has 0 unspecified atom stereocenters. The number of rotatable bonds is 1. The minimum atomic E-state index is 1.19. The molecule has 1 aromatic carbocycles. The molecule has 2 aliphatic rings. The van der Waals surface area contributed by atoms with Crippen molar-refractivity contribution in [2.24, 2.45) is 0 Å². The molecule has 0 atom stereocenters. The van der Waals surface area contributed by atoms with Crippen LogP contribution < -0.4 is 15.5 Å². The Bertz CT molecular complexity index is 356. The molecule has 1 aromatic rings. The predicted octanol–water partition coefficient (Wildman–Crippen LogP) is 2.63. The Balaban J connectivity index is 1.93. The summed E-state index contributed by atoms with van der Waals surface area (Å²) in [6.45, 7) is 4.29. The summed E-state index contributed by atoms with van der Waals surface area (Å²) in [6.07, 6.45) is 4.02. The van der Waals surface area contributed by atoms with Gasteiger partial charge in [-0.05, 0) is 31.4 Å². The maximum Gasteiger partial charge on any atom is 0.137 e. The topological polar surface area (TPSA) is 27.3 Å². The number of hydrogen-bond acceptors (Lipinski definition) is 3. The van der Waals surface area contributed by atoms with Gasteiger partial charge in [0.15, 0.2) is 0 Å². The van der Waals surface area contributed by atoms with Crippen molar-refractivity contribution in [2.75, 3.05) is 28.6 Å². The Morgan fingerprint density at radius 1 is 1.00 bits per heavy atom. The summed E-state index contributed by atoms with van der Waals surface area (Å²) in [6, 6.07) is 6.44. The van der Waals surface area contributed by atoms with E-state index in [-0.39, 0.29) is 0 Å². The lowest BCUT2D eigenvalue weighted by atomic mass is 10.1. The quantitative estimate of drug-likeness (QED) is 0.733. The first kappa shape index (κ1) is 8.89. The van der Waals surface area contributed by atoms with Crippen LogP contribution in [0.2, 0.25) is 0 Å². The largest absolute Gasteiger partial charge is 0.370 e. The van der Waals surface area contributed by atoms with Crippen LogP contribution in [0.1, 0.15) is 19.3 Å². The Morgan fingerprint density at radius 3 is 2.73 bits per heavy atom. The number of nitrogens with one attached hydrogen (secondary N) is 2. The molecule has 15 heavy (non-hydrogen) atoms. The molecule has 1 fully saturated rings. The molecule has 1 radical (unpaired) electrons. The maximum atomic E-state index is 3.29. The molecule has 2 aliphatic heterocycles. The van der Waals surface area contributed by atoms with Crippen molar-refractivity contribution in [3.8, 4) is 0 Å². The fraction of sp³-hybridized carbons (Fsp3) is 0.417. The van der Waals surface area contributed by atoms with E-state index in [1.54, 1.807) is 0 Å². The normalized spacial score (nSPS) is 19.3. The van der Waals surface area contributed by atoms with Crippen LogP contribution in [0.3, 0.4) is 0 Å². The van der Waals surface area contributed by atoms with Crippen LogP contribution in [0.25, 0.3) is 0 Å². The molecule has 0 saturated carbocycles. The summed E-state index contributed by atoms with van der Waals surface area (Å²) in [4.78, 5) is 2.48. The molecular formula is C12H16N3. The van der Waals surface area contributed by atoms with Gasteiger partial charge in [0, 0.05) is 13.1 Å². The number of fused-ring (bicyclic) bond motifs is 1. The fourth-order valence-electron chi connectivity index (χ4n) is 2.40. The minimum absolute atomic E-state index is 1.19. The number of anilines is 3. The molecule has 0 aromatic heterocycles. The first-order valence-electron chi connectivity index (χ1n) is 5.68. The van der Waals surface area contributed by atoms with Crippen molar-refractivity contribution in [1.82, 2.24) is 0 Å². The van der Waals surface area contributed by atoms with E-state index in [1.165, 1.54) is 49.4 Å². The third-order valence-electron chi connectivity index (χ3n) is 3.18. The smallest absolute Gasteiger partial charge is 0.137 e. The van der Waals surface area contributed by atoms with Gasteiger partial charge in [-0.3, -0.25) is 0 Å². The van der Waals surface area contributed by atoms with Crippen LogP contribution in [0.4, 0.5) is 17.1 Å². The van der Waals surface area contributed by atoms with Crippen molar-refractivity contribution in [1.29, 1.82) is 0 Å². The Kier molecular flexibility index (Phi) is 2.16. The van der Waals surface area contributed by atoms with E-state index in [9.17, 15) is 0 Å². The summed E-state index contributed by atoms with van der Waals surface area (Å²) in [7, 11) is 0. The Labute approximate surface area is 90.5 Å². The van der Waals surface area contributed by atoms with E-state index < -0.39 is 0 Å². The van der Waals surface area contributed by atoms with Gasteiger partial charge in [0.1, 0.15) is 6.67 Å². The maximum absolute atomic E-state index is 3.29. The third-order valence-corrected chi connectivity index (χ3v) is 3.18. The zero-order chi connectivity index (χ0) is 10.1. The number of para-hydroxylation sites is 1. The Morgan fingerprint density at radius 2 is 1.87 bits per heavy atom. The number of piperidine rings is 1. The molecule has 3 heteroatoms. The number of nitrogens with zero attached hydrogens (tertiary/aromatic N) is 1. The predicted molar refractivity (Wildman–Crippen MR) is 64.1 cm³/mol. The van der Waals surface area contributed by atoms with Gasteiger partial charge in [0.25, 0.3) is 0 Å². The summed E-state index contributed by atoms with van der Waals surface area (Å²) in [5.41, 5.74) is 3.77. The van der Waals surface area contributed by atoms with E-state index >= 15 is 0 Å². The number of hydrogen-bond donors (Lipinski definition) is 2. The average molecular weight is 202 g/mol. The molecular weight excluding hydrogens is 186 g/mol. The van der Waals surface area contributed by atoms with Crippen LogP contribution in [0, 0.1) is 6.67 Å². The molecule has 2 N–H and O–H groups in total. The van der Waals surface area contributed by atoms with Gasteiger partial charge in [0.05, 0.1) is 17.1 Å². The van der Waals surface area contributed by atoms with Crippen LogP contribution >= 0.6 is 0 Å². The van der Waals surface area contributed by atoms with E-state index in [0.29, 0.717) is 0 Å². The van der Waals surface area contributed by atoms with Crippen molar-refractivity contribution in [3.63, 3.8) is 0 Å². The average Bonchev–Trinajstić information content (AvgIpc) is 2.78. The highest BCUT2D eigenvalue weighted by Gasteiger charge is 2.19. The first-order valence-corrected chi connectivity index (χ1v) is 5.68. The van der Waals surface area contributed by atoms with E-state index in [2.05, 4.69) is 33.7 Å². The molecule has 1 saturated heterocycles. The van der Waals surface area contributed by atoms with E-state index in [4.69, 9.17) is 0 Å². The molecule has 0 spiro atoms. The number of benzene rings is 1. The first-order chi connectivity index (χ1) is 7.45. The second-order valence-corrected chi connectivity index (χ2v) is 4.18. The van der Waals surface area contributed by atoms with E-state index in [0.717, 1.165) is 0 Å². The lowest BCUT2D eigenvalue weighted by Crippen LogP contribution is -2.29. The van der Waals surface area contributed by atoms with Crippen LogP contribution in [-0.2, 0) is 0 Å². The zero-order valence-electron chi connectivity index (χ0n) is 8.79. The van der Waals surface area contributed by atoms with Crippen LogP contribution in [0.5, 0.6) is 0 Å². The highest BCUT2D eigenvalue weighted by atomic mass is 15.2. The van der Waals surface area contributed by atoms with Gasteiger partial charge < -0.3 is 15.5 Å². The SMILES string of the molecule is [CH]1Nc2cccc(N3CCCCC3)c2N1. The highest BCUT2D eigenvalue weighted by Crippen LogP contribution is 2.37. The minimum Gasteiger partial charge on any atom is -0.370 e. The molecule has 79 valence electrons. The molecule has 3 rings (SSSR count). The molecule has 0 aliphatic carbocycles. The van der Waals surface area contributed by atoms with Gasteiger partial charge in [-0.25, -0.2) is 0 Å². The van der Waals surface area contributed by atoms with Gasteiger partial charge >= 0.3 is 0 Å². The van der Waals surface area contributed by atoms with Gasteiger partial charge in [-0.2, -0.15) is 0 Å². The molecule has 0 amide bonds. The highest BCUT2D eigenvalue weighted by molar-refractivity contribution is 5.87. The molecule has 3 nitrogen and oxygen atoms in total. The third kappa shape index (κ3) is 1.52. The van der Waals surface area contributed by atoms with Gasteiger partial charge in [-0.1, -0.05) is 6.07 Å². The van der Waals surface area contributed by atoms with Gasteiger partial charge in [-0.15, -0.1) is 0 Å². The molecule has 0 bridgehead atoms.